The molecule has 1 unspecified atom stereocenters. The van der Waals surface area contributed by atoms with Crippen LogP contribution in [0.2, 0.25) is 0 Å². The fourth-order valence-corrected chi connectivity index (χ4v) is 5.77. The lowest BCUT2D eigenvalue weighted by Crippen LogP contribution is -2.47. The summed E-state index contributed by atoms with van der Waals surface area (Å²) in [7, 11) is -5.49. The first kappa shape index (κ1) is 24.3. The topological polar surface area (TPSA) is 98.7 Å². The Balaban J connectivity index is 1.54. The molecule has 1 aromatic heterocycles. The number of hydrogen-bond donors (Lipinski definition) is 2. The predicted molar refractivity (Wildman–Crippen MR) is 124 cm³/mol. The van der Waals surface area contributed by atoms with Crippen LogP contribution in [0, 0.1) is 5.92 Å². The van der Waals surface area contributed by atoms with E-state index >= 15 is 0 Å². The van der Waals surface area contributed by atoms with Crippen LogP contribution in [0.3, 0.4) is 0 Å². The van der Waals surface area contributed by atoms with Crippen molar-refractivity contribution in [2.45, 2.75) is 56.2 Å². The second-order valence-electron chi connectivity index (χ2n) is 9.43. The Bertz CT molecular complexity index is 1170. The van der Waals surface area contributed by atoms with Crippen LogP contribution in [0.25, 0.3) is 0 Å². The highest BCUT2D eigenvalue weighted by molar-refractivity contribution is 7.89. The van der Waals surface area contributed by atoms with Crippen molar-refractivity contribution < 1.29 is 26.7 Å². The Labute approximate surface area is 202 Å². The van der Waals surface area contributed by atoms with Gasteiger partial charge in [0, 0.05) is 31.4 Å². The van der Waals surface area contributed by atoms with Gasteiger partial charge in [-0.3, -0.25) is 0 Å². The number of aliphatic hydroxyl groups is 1. The predicted octanol–water partition coefficient (Wildman–Crippen LogP) is 3.21. The van der Waals surface area contributed by atoms with Crippen LogP contribution in [0.15, 0.2) is 30.6 Å². The molecule has 2 saturated carbocycles. The number of nitrogens with zero attached hydrogens (tertiary/aromatic N) is 4. The van der Waals surface area contributed by atoms with Crippen molar-refractivity contribution in [3.8, 4) is 0 Å². The van der Waals surface area contributed by atoms with E-state index in [9.17, 15) is 21.6 Å². The second-order valence-corrected chi connectivity index (χ2v) is 11.4. The maximum atomic E-state index is 13.6. The summed E-state index contributed by atoms with van der Waals surface area (Å²) in [6, 6.07) is 5.26. The van der Waals surface area contributed by atoms with Crippen LogP contribution in [0.5, 0.6) is 0 Å². The van der Waals surface area contributed by atoms with Gasteiger partial charge in [0.15, 0.2) is 0 Å². The number of sulfonamides is 1. The summed E-state index contributed by atoms with van der Waals surface area (Å²) in [5.41, 5.74) is -2.37. The summed E-state index contributed by atoms with van der Waals surface area (Å²) in [6.07, 6.45) is 6.76. The molecule has 190 valence electrons. The third-order valence-electron chi connectivity index (χ3n) is 6.90. The molecule has 3 aliphatic rings. The summed E-state index contributed by atoms with van der Waals surface area (Å²) in [5.74, 6) is 0.829. The quantitative estimate of drug-likeness (QED) is 0.562. The number of fused-ring (bicyclic) bond motifs is 1. The average Bonchev–Trinajstić information content (AvgIpc) is 3.70. The summed E-state index contributed by atoms with van der Waals surface area (Å²) in [5, 5.41) is 12.0. The minimum absolute atomic E-state index is 0.0317. The number of benzene rings is 1. The number of halogens is 3. The van der Waals surface area contributed by atoms with Gasteiger partial charge in [0.25, 0.3) is 0 Å². The van der Waals surface area contributed by atoms with Crippen molar-refractivity contribution in [2.24, 2.45) is 5.92 Å². The maximum Gasteiger partial charge on any atom is 0.511 e. The molecule has 12 heteroatoms. The van der Waals surface area contributed by atoms with Crippen LogP contribution in [-0.4, -0.2) is 59.0 Å². The van der Waals surface area contributed by atoms with Gasteiger partial charge in [-0.05, 0) is 54.7 Å². The molecule has 8 nitrogen and oxygen atoms in total. The molecule has 1 atom stereocenters. The van der Waals surface area contributed by atoms with Crippen LogP contribution >= 0.6 is 0 Å². The van der Waals surface area contributed by atoms with E-state index in [4.69, 9.17) is 5.11 Å². The molecule has 0 bridgehead atoms. The van der Waals surface area contributed by atoms with E-state index in [0.29, 0.717) is 27.9 Å². The van der Waals surface area contributed by atoms with Crippen molar-refractivity contribution >= 4 is 21.4 Å². The summed E-state index contributed by atoms with van der Waals surface area (Å²) >= 11 is 0. The number of hydrogen-bond acceptors (Lipinski definition) is 7. The Morgan fingerprint density at radius 3 is 2.43 bits per heavy atom. The minimum Gasteiger partial charge on any atom is -0.395 e. The smallest absolute Gasteiger partial charge is 0.395 e. The largest absolute Gasteiger partial charge is 0.511 e. The Kier molecular flexibility index (Phi) is 6.39. The zero-order chi connectivity index (χ0) is 24.8. The summed E-state index contributed by atoms with van der Waals surface area (Å²) < 4.78 is 66.7. The Morgan fingerprint density at radius 1 is 1.11 bits per heavy atom. The molecule has 0 spiro atoms. The number of aromatic nitrogens is 2. The highest BCUT2D eigenvalue weighted by Gasteiger charge is 2.53. The molecule has 1 aromatic carbocycles. The van der Waals surface area contributed by atoms with Gasteiger partial charge in [0.1, 0.15) is 5.82 Å². The van der Waals surface area contributed by atoms with Crippen LogP contribution < -0.4 is 10.2 Å². The minimum atomic E-state index is -5.49. The first-order chi connectivity index (χ1) is 16.7. The molecule has 0 saturated heterocycles. The van der Waals surface area contributed by atoms with Crippen LogP contribution in [0.4, 0.5) is 24.5 Å². The van der Waals surface area contributed by atoms with Gasteiger partial charge in [0.2, 0.25) is 0 Å². The molecule has 0 amide bonds. The molecule has 2 aromatic rings. The highest BCUT2D eigenvalue weighted by Crippen LogP contribution is 2.48. The molecule has 35 heavy (non-hydrogen) atoms. The van der Waals surface area contributed by atoms with E-state index < -0.39 is 21.6 Å². The van der Waals surface area contributed by atoms with Crippen LogP contribution in [0.1, 0.15) is 48.6 Å². The molecule has 2 heterocycles. The first-order valence-corrected chi connectivity index (χ1v) is 13.2. The molecule has 2 fully saturated rings. The van der Waals surface area contributed by atoms with Gasteiger partial charge in [-0.2, -0.15) is 17.5 Å². The lowest BCUT2D eigenvalue weighted by atomic mass is 10.00. The SMILES string of the molecule is O=S(=O)(N1Cc2c(C3CC3)cccc2N(Cc2ncc(NCCO)cn2)C(C2CC2)C1)C(F)(F)F. The zero-order valence-electron chi connectivity index (χ0n) is 19.1. The Hall–Kier alpha value is -2.44. The van der Waals surface area contributed by atoms with E-state index in [0.717, 1.165) is 36.9 Å². The Morgan fingerprint density at radius 2 is 1.83 bits per heavy atom. The third kappa shape index (κ3) is 4.96. The molecule has 2 aliphatic carbocycles. The fraction of sp³-hybridized carbons (Fsp3) is 0.565. The highest BCUT2D eigenvalue weighted by atomic mass is 32.2. The van der Waals surface area contributed by atoms with Gasteiger partial charge in [-0.1, -0.05) is 12.1 Å². The average molecular weight is 512 g/mol. The van der Waals surface area contributed by atoms with Crippen LogP contribution in [-0.2, 0) is 23.1 Å². The van der Waals surface area contributed by atoms with E-state index in [1.807, 2.05) is 23.1 Å². The molecule has 1 aliphatic heterocycles. The molecular formula is C23H28F3N5O3S. The molecule has 5 rings (SSSR count). The number of aliphatic hydroxyl groups excluding tert-OH is 1. The fourth-order valence-electron chi connectivity index (χ4n) is 4.83. The van der Waals surface area contributed by atoms with Gasteiger partial charge in [-0.25, -0.2) is 18.4 Å². The number of anilines is 2. The normalized spacial score (nSPS) is 21.5. The van der Waals surface area contributed by atoms with Crippen molar-refractivity contribution in [3.63, 3.8) is 0 Å². The van der Waals surface area contributed by atoms with E-state index in [-0.39, 0.29) is 38.1 Å². The summed E-state index contributed by atoms with van der Waals surface area (Å²) in [6.45, 7) is 0.0494. The molecule has 0 radical (unpaired) electrons. The number of nitrogens with one attached hydrogen (secondary N) is 1. The van der Waals surface area contributed by atoms with Crippen molar-refractivity contribution in [3.05, 3.63) is 47.5 Å². The third-order valence-corrected chi connectivity index (χ3v) is 8.44. The van der Waals surface area contributed by atoms with E-state index in [2.05, 4.69) is 15.3 Å². The van der Waals surface area contributed by atoms with Crippen molar-refractivity contribution in [1.82, 2.24) is 14.3 Å². The van der Waals surface area contributed by atoms with E-state index in [1.54, 1.807) is 12.4 Å². The monoisotopic (exact) mass is 511 g/mol. The van der Waals surface area contributed by atoms with Gasteiger partial charge in [-0.15, -0.1) is 0 Å². The first-order valence-electron chi connectivity index (χ1n) is 11.8. The summed E-state index contributed by atoms with van der Waals surface area (Å²) in [4.78, 5) is 10.8. The van der Waals surface area contributed by atoms with E-state index in [1.165, 1.54) is 0 Å². The second kappa shape index (κ2) is 9.21. The maximum absolute atomic E-state index is 13.6. The molecular weight excluding hydrogens is 483 g/mol. The van der Waals surface area contributed by atoms with Crippen molar-refractivity contribution in [2.75, 3.05) is 29.9 Å². The standard InChI is InChI=1S/C23H28F3N5O3S/c24-23(25,26)35(33,34)30-12-19-18(15-4-5-15)2-1-3-20(19)31(21(13-30)16-6-7-16)14-22-28-10-17(11-29-22)27-8-9-32/h1-3,10-11,15-16,21,27,32H,4-9,12-14H2. The number of alkyl halides is 3. The zero-order valence-corrected chi connectivity index (χ0v) is 19.9. The van der Waals surface area contributed by atoms with Crippen molar-refractivity contribution in [1.29, 1.82) is 0 Å². The van der Waals surface area contributed by atoms with Gasteiger partial charge >= 0.3 is 15.5 Å². The lowest BCUT2D eigenvalue weighted by Gasteiger charge is -2.34. The van der Waals surface area contributed by atoms with Gasteiger partial charge < -0.3 is 15.3 Å². The number of rotatable bonds is 8. The lowest BCUT2D eigenvalue weighted by molar-refractivity contribution is -0.0492. The molecule has 2 N–H and O–H groups in total. The van der Waals surface area contributed by atoms with Gasteiger partial charge in [0.05, 0.1) is 31.2 Å².